The molecule has 0 amide bonds. The van der Waals surface area contributed by atoms with E-state index >= 15 is 0 Å². The fourth-order valence-electron chi connectivity index (χ4n) is 1.57. The molecular weight excluding hydrogens is 325 g/mol. The Bertz CT molecular complexity index is 554. The van der Waals surface area contributed by atoms with E-state index in [2.05, 4.69) is 26.2 Å². The summed E-state index contributed by atoms with van der Waals surface area (Å²) in [6.07, 6.45) is -2.62. The van der Waals surface area contributed by atoms with Gasteiger partial charge in [0.05, 0.1) is 5.56 Å². The fourth-order valence-corrected chi connectivity index (χ4v) is 1.91. The number of halogens is 4. The van der Waals surface area contributed by atoms with Crippen molar-refractivity contribution >= 4 is 21.7 Å². The van der Waals surface area contributed by atoms with Gasteiger partial charge in [-0.05, 0) is 40.2 Å². The quantitative estimate of drug-likeness (QED) is 0.914. The maximum atomic E-state index is 12.7. The van der Waals surface area contributed by atoms with Crippen LogP contribution in [-0.4, -0.2) is 11.5 Å². The van der Waals surface area contributed by atoms with Crippen LogP contribution < -0.4 is 5.32 Å². The van der Waals surface area contributed by atoms with E-state index < -0.39 is 11.7 Å². The lowest BCUT2D eigenvalue weighted by molar-refractivity contribution is -0.137. The SMILES string of the molecule is FC(F)(F)c1cccnc1NCCc1ccc(Br)o1. The maximum absolute atomic E-state index is 12.7. The van der Waals surface area contributed by atoms with Crippen molar-refractivity contribution in [1.29, 1.82) is 0 Å². The van der Waals surface area contributed by atoms with Gasteiger partial charge in [-0.25, -0.2) is 4.98 Å². The van der Waals surface area contributed by atoms with Crippen molar-refractivity contribution in [2.75, 3.05) is 11.9 Å². The molecule has 0 fully saturated rings. The van der Waals surface area contributed by atoms with Crippen molar-refractivity contribution in [3.8, 4) is 0 Å². The number of anilines is 1. The van der Waals surface area contributed by atoms with Gasteiger partial charge in [0.1, 0.15) is 11.6 Å². The Kier molecular flexibility index (Phi) is 4.14. The maximum Gasteiger partial charge on any atom is 0.419 e. The number of pyridine rings is 1. The number of nitrogens with one attached hydrogen (secondary N) is 1. The molecule has 2 rings (SSSR count). The molecule has 0 aliphatic carbocycles. The number of aromatic nitrogens is 1. The molecule has 102 valence electrons. The molecule has 0 aliphatic heterocycles. The number of hydrogen-bond acceptors (Lipinski definition) is 3. The molecule has 0 aliphatic rings. The van der Waals surface area contributed by atoms with Gasteiger partial charge in [-0.3, -0.25) is 0 Å². The summed E-state index contributed by atoms with van der Waals surface area (Å²) in [6.45, 7) is 0.306. The topological polar surface area (TPSA) is 38.1 Å². The van der Waals surface area contributed by atoms with E-state index in [0.29, 0.717) is 23.4 Å². The van der Waals surface area contributed by atoms with Gasteiger partial charge in [0.25, 0.3) is 0 Å². The first-order chi connectivity index (χ1) is 8.97. The molecule has 0 atom stereocenters. The number of hydrogen-bond donors (Lipinski definition) is 1. The minimum Gasteiger partial charge on any atom is -0.454 e. The second kappa shape index (κ2) is 5.64. The highest BCUT2D eigenvalue weighted by Gasteiger charge is 2.33. The lowest BCUT2D eigenvalue weighted by atomic mass is 10.2. The molecule has 0 aromatic carbocycles. The van der Waals surface area contributed by atoms with E-state index in [1.807, 2.05) is 0 Å². The first-order valence-electron chi connectivity index (χ1n) is 5.47. The van der Waals surface area contributed by atoms with Gasteiger partial charge in [-0.1, -0.05) is 0 Å². The van der Waals surface area contributed by atoms with Crippen LogP contribution in [0, 0.1) is 0 Å². The van der Waals surface area contributed by atoms with Crippen LogP contribution in [0.15, 0.2) is 39.5 Å². The zero-order valence-corrected chi connectivity index (χ0v) is 11.3. The van der Waals surface area contributed by atoms with E-state index in [-0.39, 0.29) is 5.82 Å². The number of rotatable bonds is 4. The van der Waals surface area contributed by atoms with Gasteiger partial charge in [0.15, 0.2) is 4.67 Å². The Balaban J connectivity index is 2.00. The Morgan fingerprint density at radius 3 is 2.68 bits per heavy atom. The monoisotopic (exact) mass is 334 g/mol. The van der Waals surface area contributed by atoms with Crippen molar-refractivity contribution in [2.45, 2.75) is 12.6 Å². The van der Waals surface area contributed by atoms with Crippen LogP contribution in [-0.2, 0) is 12.6 Å². The molecule has 0 unspecified atom stereocenters. The third-order valence-electron chi connectivity index (χ3n) is 2.41. The molecule has 2 heterocycles. The predicted molar refractivity (Wildman–Crippen MR) is 67.8 cm³/mol. The minimum atomic E-state index is -4.41. The van der Waals surface area contributed by atoms with Crippen LogP contribution in [0.3, 0.4) is 0 Å². The summed E-state index contributed by atoms with van der Waals surface area (Å²) in [5.41, 5.74) is -0.768. The standard InChI is InChI=1S/C12H10BrF3N2O/c13-10-4-3-8(19-10)5-7-18-11-9(12(14,15)16)2-1-6-17-11/h1-4,6H,5,7H2,(H,17,18). The first-order valence-corrected chi connectivity index (χ1v) is 6.26. The van der Waals surface area contributed by atoms with Crippen LogP contribution in [0.2, 0.25) is 0 Å². The van der Waals surface area contributed by atoms with Crippen molar-refractivity contribution in [2.24, 2.45) is 0 Å². The normalized spacial score (nSPS) is 11.6. The molecule has 0 radical (unpaired) electrons. The Labute approximate surface area is 116 Å². The highest BCUT2D eigenvalue weighted by Crippen LogP contribution is 2.33. The summed E-state index contributed by atoms with van der Waals surface area (Å²) < 4.78 is 43.9. The van der Waals surface area contributed by atoms with Gasteiger partial charge < -0.3 is 9.73 Å². The van der Waals surface area contributed by atoms with Gasteiger partial charge in [-0.15, -0.1) is 0 Å². The Morgan fingerprint density at radius 1 is 1.26 bits per heavy atom. The minimum absolute atomic E-state index is 0.166. The Morgan fingerprint density at radius 2 is 2.05 bits per heavy atom. The highest BCUT2D eigenvalue weighted by molar-refractivity contribution is 9.10. The summed E-state index contributed by atoms with van der Waals surface area (Å²) in [5, 5.41) is 2.67. The van der Waals surface area contributed by atoms with Crippen molar-refractivity contribution in [3.63, 3.8) is 0 Å². The van der Waals surface area contributed by atoms with Crippen LogP contribution >= 0.6 is 15.9 Å². The lowest BCUT2D eigenvalue weighted by Gasteiger charge is -2.12. The molecule has 0 bridgehead atoms. The second-order valence-corrected chi connectivity index (χ2v) is 4.56. The third kappa shape index (κ3) is 3.73. The lowest BCUT2D eigenvalue weighted by Crippen LogP contribution is -2.13. The average Bonchev–Trinajstić information content (AvgIpc) is 2.74. The second-order valence-electron chi connectivity index (χ2n) is 3.78. The van der Waals surface area contributed by atoms with Crippen molar-refractivity contribution in [1.82, 2.24) is 4.98 Å². The predicted octanol–water partition coefficient (Wildman–Crippen LogP) is 4.11. The van der Waals surface area contributed by atoms with Crippen LogP contribution in [0.25, 0.3) is 0 Å². The molecule has 3 nitrogen and oxygen atoms in total. The largest absolute Gasteiger partial charge is 0.454 e. The van der Waals surface area contributed by atoms with Crippen molar-refractivity contribution < 1.29 is 17.6 Å². The van der Waals surface area contributed by atoms with E-state index in [1.165, 1.54) is 12.3 Å². The smallest absolute Gasteiger partial charge is 0.419 e. The molecule has 7 heteroatoms. The molecule has 0 spiro atoms. The van der Waals surface area contributed by atoms with Gasteiger partial charge in [-0.2, -0.15) is 13.2 Å². The molecular formula is C12H10BrF3N2O. The molecule has 2 aromatic heterocycles. The van der Waals surface area contributed by atoms with Gasteiger partial charge >= 0.3 is 6.18 Å². The van der Waals surface area contributed by atoms with E-state index in [4.69, 9.17) is 4.42 Å². The number of furan rings is 1. The highest BCUT2D eigenvalue weighted by atomic mass is 79.9. The summed E-state index contributed by atoms with van der Waals surface area (Å²) >= 11 is 3.16. The zero-order valence-electron chi connectivity index (χ0n) is 9.67. The van der Waals surface area contributed by atoms with Gasteiger partial charge in [0, 0.05) is 19.2 Å². The zero-order chi connectivity index (χ0) is 13.9. The number of alkyl halides is 3. The molecule has 1 N–H and O–H groups in total. The summed E-state index contributed by atoms with van der Waals surface area (Å²) in [6, 6.07) is 5.75. The van der Waals surface area contributed by atoms with Crippen LogP contribution in [0.1, 0.15) is 11.3 Å². The van der Waals surface area contributed by atoms with E-state index in [9.17, 15) is 13.2 Å². The average molecular weight is 335 g/mol. The van der Waals surface area contributed by atoms with Crippen LogP contribution in [0.5, 0.6) is 0 Å². The van der Waals surface area contributed by atoms with Gasteiger partial charge in [0.2, 0.25) is 0 Å². The first kappa shape index (κ1) is 13.9. The number of nitrogens with zero attached hydrogens (tertiary/aromatic N) is 1. The Hall–Kier alpha value is -1.50. The van der Waals surface area contributed by atoms with E-state index in [0.717, 1.165) is 6.07 Å². The molecule has 2 aromatic rings. The molecule has 19 heavy (non-hydrogen) atoms. The summed E-state index contributed by atoms with van der Waals surface area (Å²) in [5.74, 6) is 0.518. The van der Waals surface area contributed by atoms with E-state index in [1.54, 1.807) is 12.1 Å². The molecule has 0 saturated heterocycles. The summed E-state index contributed by atoms with van der Waals surface area (Å²) in [7, 11) is 0. The third-order valence-corrected chi connectivity index (χ3v) is 2.83. The van der Waals surface area contributed by atoms with Crippen molar-refractivity contribution in [3.05, 3.63) is 46.5 Å². The molecule has 0 saturated carbocycles. The fraction of sp³-hybridized carbons (Fsp3) is 0.250. The van der Waals surface area contributed by atoms with Crippen LogP contribution in [0.4, 0.5) is 19.0 Å². The summed E-state index contributed by atoms with van der Waals surface area (Å²) in [4.78, 5) is 3.71.